The van der Waals surface area contributed by atoms with Gasteiger partial charge in [0.2, 0.25) is 0 Å². The van der Waals surface area contributed by atoms with Gasteiger partial charge in [0.1, 0.15) is 6.04 Å². The van der Waals surface area contributed by atoms with Gasteiger partial charge in [-0.2, -0.15) is 0 Å². The van der Waals surface area contributed by atoms with Crippen molar-refractivity contribution in [2.24, 2.45) is 5.41 Å². The fourth-order valence-electron chi connectivity index (χ4n) is 2.35. The molecule has 1 aliphatic heterocycles. The smallest absolute Gasteiger partial charge is 0.321 e. The van der Waals surface area contributed by atoms with E-state index in [4.69, 9.17) is 0 Å². The number of hydrogen-bond acceptors (Lipinski definition) is 2. The quantitative estimate of drug-likeness (QED) is 0.701. The van der Waals surface area contributed by atoms with Gasteiger partial charge < -0.3 is 5.11 Å². The summed E-state index contributed by atoms with van der Waals surface area (Å²) >= 11 is 0. The lowest BCUT2D eigenvalue weighted by atomic mass is 9.76. The zero-order chi connectivity index (χ0) is 10.8. The first-order chi connectivity index (χ1) is 6.49. The van der Waals surface area contributed by atoms with E-state index in [1.807, 2.05) is 18.7 Å². The number of carboxylic acid groups (broad SMARTS) is 1. The van der Waals surface area contributed by atoms with Crippen LogP contribution in [0.3, 0.4) is 0 Å². The van der Waals surface area contributed by atoms with E-state index in [0.29, 0.717) is 6.54 Å². The molecule has 0 spiro atoms. The van der Waals surface area contributed by atoms with Crippen LogP contribution in [0.1, 0.15) is 26.7 Å². The number of nitrogens with zero attached hydrogens (tertiary/aromatic N) is 1. The monoisotopic (exact) mass is 197 g/mol. The van der Waals surface area contributed by atoms with Crippen LogP contribution in [0.15, 0.2) is 12.7 Å². The first kappa shape index (κ1) is 11.2. The number of piperidine rings is 1. The van der Waals surface area contributed by atoms with Gasteiger partial charge in [0.25, 0.3) is 0 Å². The minimum Gasteiger partial charge on any atom is -0.480 e. The third kappa shape index (κ3) is 2.15. The summed E-state index contributed by atoms with van der Waals surface area (Å²) in [5, 5.41) is 9.19. The first-order valence-electron chi connectivity index (χ1n) is 5.07. The average Bonchev–Trinajstić information content (AvgIpc) is 2.01. The van der Waals surface area contributed by atoms with Crippen molar-refractivity contribution in [2.45, 2.75) is 32.7 Å². The number of carbonyl (C=O) groups is 1. The summed E-state index contributed by atoms with van der Waals surface area (Å²) in [4.78, 5) is 13.2. The highest BCUT2D eigenvalue weighted by Gasteiger charge is 2.41. The molecule has 1 fully saturated rings. The van der Waals surface area contributed by atoms with Crippen LogP contribution in [0, 0.1) is 5.41 Å². The molecule has 1 saturated heterocycles. The van der Waals surface area contributed by atoms with Gasteiger partial charge >= 0.3 is 5.97 Å². The maximum absolute atomic E-state index is 11.2. The van der Waals surface area contributed by atoms with Gasteiger partial charge in [-0.15, -0.1) is 6.58 Å². The number of carboxylic acids is 1. The maximum Gasteiger partial charge on any atom is 0.321 e. The van der Waals surface area contributed by atoms with Crippen molar-refractivity contribution in [1.82, 2.24) is 4.90 Å². The molecule has 1 aliphatic rings. The summed E-state index contributed by atoms with van der Waals surface area (Å²) in [6.07, 6.45) is 3.83. The molecule has 1 rings (SSSR count). The van der Waals surface area contributed by atoms with E-state index in [9.17, 15) is 9.90 Å². The molecular weight excluding hydrogens is 178 g/mol. The molecule has 14 heavy (non-hydrogen) atoms. The van der Waals surface area contributed by atoms with Crippen molar-refractivity contribution in [3.63, 3.8) is 0 Å². The third-order valence-corrected chi connectivity index (χ3v) is 2.97. The Hall–Kier alpha value is -0.830. The van der Waals surface area contributed by atoms with Gasteiger partial charge in [-0.25, -0.2) is 0 Å². The fourth-order valence-corrected chi connectivity index (χ4v) is 2.35. The van der Waals surface area contributed by atoms with E-state index in [1.54, 1.807) is 6.08 Å². The normalized spacial score (nSPS) is 27.1. The molecule has 0 saturated carbocycles. The number of aliphatic carboxylic acids is 1. The molecule has 1 unspecified atom stereocenters. The highest BCUT2D eigenvalue weighted by Crippen LogP contribution is 2.35. The Labute approximate surface area is 85.4 Å². The Morgan fingerprint density at radius 1 is 1.71 bits per heavy atom. The SMILES string of the molecule is C=CCN1CCCC(C)(C)C1C(=O)O. The van der Waals surface area contributed by atoms with E-state index >= 15 is 0 Å². The number of hydrogen-bond donors (Lipinski definition) is 1. The summed E-state index contributed by atoms with van der Waals surface area (Å²) in [5.41, 5.74) is -0.132. The lowest BCUT2D eigenvalue weighted by Gasteiger charge is -2.43. The average molecular weight is 197 g/mol. The van der Waals surface area contributed by atoms with Gasteiger partial charge in [0.05, 0.1) is 0 Å². The maximum atomic E-state index is 11.2. The highest BCUT2D eigenvalue weighted by molar-refractivity contribution is 5.74. The zero-order valence-electron chi connectivity index (χ0n) is 8.99. The first-order valence-corrected chi connectivity index (χ1v) is 5.07. The summed E-state index contributed by atoms with van der Waals surface area (Å²) in [7, 11) is 0. The van der Waals surface area contributed by atoms with Crippen molar-refractivity contribution >= 4 is 5.97 Å². The minimum absolute atomic E-state index is 0.132. The Bertz CT molecular complexity index is 235. The van der Waals surface area contributed by atoms with Crippen molar-refractivity contribution in [2.75, 3.05) is 13.1 Å². The van der Waals surface area contributed by atoms with Gasteiger partial charge in [-0.1, -0.05) is 19.9 Å². The zero-order valence-corrected chi connectivity index (χ0v) is 8.99. The van der Waals surface area contributed by atoms with Crippen molar-refractivity contribution < 1.29 is 9.90 Å². The molecule has 1 N–H and O–H groups in total. The molecule has 0 aliphatic carbocycles. The van der Waals surface area contributed by atoms with Gasteiger partial charge in [-0.3, -0.25) is 9.69 Å². The van der Waals surface area contributed by atoms with E-state index in [2.05, 4.69) is 6.58 Å². The second-order valence-corrected chi connectivity index (χ2v) is 4.62. The van der Waals surface area contributed by atoms with Crippen LogP contribution in [-0.4, -0.2) is 35.1 Å². The van der Waals surface area contributed by atoms with Crippen LogP contribution >= 0.6 is 0 Å². The molecule has 0 bridgehead atoms. The fraction of sp³-hybridized carbons (Fsp3) is 0.727. The van der Waals surface area contributed by atoms with Crippen LogP contribution in [-0.2, 0) is 4.79 Å². The molecule has 0 aromatic rings. The molecular formula is C11H19NO2. The molecule has 0 aromatic heterocycles. The predicted molar refractivity (Wildman–Crippen MR) is 56.2 cm³/mol. The molecule has 3 nitrogen and oxygen atoms in total. The third-order valence-electron chi connectivity index (χ3n) is 2.97. The second kappa shape index (κ2) is 4.13. The van der Waals surface area contributed by atoms with Crippen molar-refractivity contribution in [3.8, 4) is 0 Å². The largest absolute Gasteiger partial charge is 0.480 e. The molecule has 80 valence electrons. The number of likely N-dealkylation sites (tertiary alicyclic amines) is 1. The van der Waals surface area contributed by atoms with E-state index in [-0.39, 0.29) is 11.5 Å². The Kier molecular flexibility index (Phi) is 3.32. The van der Waals surface area contributed by atoms with E-state index in [0.717, 1.165) is 19.4 Å². The van der Waals surface area contributed by atoms with Crippen LogP contribution in [0.5, 0.6) is 0 Å². The van der Waals surface area contributed by atoms with E-state index < -0.39 is 5.97 Å². The lowest BCUT2D eigenvalue weighted by Crippen LogP contribution is -2.54. The van der Waals surface area contributed by atoms with Gasteiger partial charge in [0, 0.05) is 6.54 Å². The summed E-state index contributed by atoms with van der Waals surface area (Å²) in [6, 6.07) is -0.366. The lowest BCUT2D eigenvalue weighted by molar-refractivity contribution is -0.150. The summed E-state index contributed by atoms with van der Waals surface area (Å²) in [6.45, 7) is 9.25. The minimum atomic E-state index is -0.712. The molecule has 1 atom stereocenters. The number of rotatable bonds is 3. The predicted octanol–water partition coefficient (Wildman–Crippen LogP) is 1.75. The van der Waals surface area contributed by atoms with Crippen LogP contribution in [0.2, 0.25) is 0 Å². The molecule has 0 amide bonds. The van der Waals surface area contributed by atoms with Crippen LogP contribution < -0.4 is 0 Å². The van der Waals surface area contributed by atoms with Crippen molar-refractivity contribution in [3.05, 3.63) is 12.7 Å². The second-order valence-electron chi connectivity index (χ2n) is 4.62. The van der Waals surface area contributed by atoms with E-state index in [1.165, 1.54) is 0 Å². The molecule has 3 heteroatoms. The Balaban J connectivity index is 2.83. The summed E-state index contributed by atoms with van der Waals surface area (Å²) in [5.74, 6) is -0.712. The standard InChI is InChI=1S/C11H19NO2/c1-4-7-12-8-5-6-11(2,3)9(12)10(13)14/h4,9H,1,5-8H2,2-3H3,(H,13,14). The van der Waals surface area contributed by atoms with Crippen LogP contribution in [0.25, 0.3) is 0 Å². The van der Waals surface area contributed by atoms with Crippen LogP contribution in [0.4, 0.5) is 0 Å². The Morgan fingerprint density at radius 2 is 2.36 bits per heavy atom. The van der Waals surface area contributed by atoms with Crippen molar-refractivity contribution in [1.29, 1.82) is 0 Å². The topological polar surface area (TPSA) is 40.5 Å². The summed E-state index contributed by atoms with van der Waals surface area (Å²) < 4.78 is 0. The van der Waals surface area contributed by atoms with Gasteiger partial charge in [-0.05, 0) is 24.8 Å². The molecule has 0 aromatic carbocycles. The van der Waals surface area contributed by atoms with Gasteiger partial charge in [0.15, 0.2) is 0 Å². The molecule has 0 radical (unpaired) electrons. The highest BCUT2D eigenvalue weighted by atomic mass is 16.4. The molecule has 1 heterocycles. The Morgan fingerprint density at radius 3 is 2.86 bits per heavy atom.